The number of anilines is 1. The van der Waals surface area contributed by atoms with Gasteiger partial charge in [-0.1, -0.05) is 36.4 Å². The Morgan fingerprint density at radius 1 is 1.06 bits per heavy atom. The molecular formula is C24H22N4O2S. The van der Waals surface area contributed by atoms with Crippen LogP contribution in [-0.2, 0) is 16.6 Å². The van der Waals surface area contributed by atoms with Crippen molar-refractivity contribution in [1.29, 1.82) is 0 Å². The van der Waals surface area contributed by atoms with Crippen molar-refractivity contribution >= 4 is 32.7 Å². The summed E-state index contributed by atoms with van der Waals surface area (Å²) in [6.07, 6.45) is 6.49. The zero-order valence-corrected chi connectivity index (χ0v) is 17.9. The Balaban J connectivity index is 1.67. The zero-order valence-electron chi connectivity index (χ0n) is 17.0. The number of rotatable bonds is 4. The van der Waals surface area contributed by atoms with Gasteiger partial charge in [-0.15, -0.1) is 0 Å². The van der Waals surface area contributed by atoms with Crippen molar-refractivity contribution in [3.8, 4) is 16.9 Å². The number of allylic oxidation sites excluding steroid dienone is 1. The molecule has 0 bridgehead atoms. The molecule has 0 saturated heterocycles. The number of fused-ring (bicyclic) bond motifs is 3. The van der Waals surface area contributed by atoms with E-state index < -0.39 is 10.2 Å². The van der Waals surface area contributed by atoms with Gasteiger partial charge in [-0.25, -0.2) is 9.82 Å². The molecule has 0 unspecified atom stereocenters. The average Bonchev–Trinajstić information content (AvgIpc) is 3.14. The van der Waals surface area contributed by atoms with Crippen LogP contribution >= 0.6 is 0 Å². The van der Waals surface area contributed by atoms with Crippen molar-refractivity contribution in [2.45, 2.75) is 19.8 Å². The highest BCUT2D eigenvalue weighted by atomic mass is 32.2. The first-order valence-electron chi connectivity index (χ1n) is 10.1. The van der Waals surface area contributed by atoms with E-state index in [4.69, 9.17) is 10.2 Å². The molecule has 156 valence electrons. The Hall–Kier alpha value is -3.42. The van der Waals surface area contributed by atoms with Gasteiger partial charge in [-0.05, 0) is 78.1 Å². The number of hydrogen-bond donors (Lipinski definition) is 2. The molecule has 0 fully saturated rings. The standard InChI is InChI=1S/C24H22N4O2S/c1-16-14-24(28(26-16)19-12-10-18(11-13-19)27-31(25,29)30)23-15-17-6-2-3-7-20(17)21-8-4-5-9-22(21)23/h2-3,5-7,9-15,27H,4,8H2,1H3,(H2,25,29,30). The summed E-state index contributed by atoms with van der Waals surface area (Å²) in [7, 11) is -3.81. The van der Waals surface area contributed by atoms with Crippen LogP contribution in [0.2, 0.25) is 0 Å². The second-order valence-corrected chi connectivity index (χ2v) is 9.05. The Labute approximate surface area is 181 Å². The maximum atomic E-state index is 11.3. The number of benzene rings is 3. The first-order valence-corrected chi connectivity index (χ1v) is 11.6. The second kappa shape index (κ2) is 7.37. The number of nitrogens with one attached hydrogen (secondary N) is 1. The highest BCUT2D eigenvalue weighted by Crippen LogP contribution is 2.37. The predicted molar refractivity (Wildman–Crippen MR) is 125 cm³/mol. The summed E-state index contributed by atoms with van der Waals surface area (Å²) in [4.78, 5) is 0. The van der Waals surface area contributed by atoms with Crippen LogP contribution < -0.4 is 9.86 Å². The van der Waals surface area contributed by atoms with E-state index >= 15 is 0 Å². The summed E-state index contributed by atoms with van der Waals surface area (Å²) >= 11 is 0. The van der Waals surface area contributed by atoms with Crippen molar-refractivity contribution in [2.75, 3.05) is 4.72 Å². The molecule has 0 atom stereocenters. The lowest BCUT2D eigenvalue weighted by atomic mass is 9.87. The monoisotopic (exact) mass is 430 g/mol. The van der Waals surface area contributed by atoms with Gasteiger partial charge < -0.3 is 0 Å². The first-order chi connectivity index (χ1) is 14.9. The van der Waals surface area contributed by atoms with Gasteiger partial charge in [-0.3, -0.25) is 4.72 Å². The van der Waals surface area contributed by atoms with Crippen LogP contribution in [0.4, 0.5) is 5.69 Å². The normalized spacial score (nSPS) is 13.4. The lowest BCUT2D eigenvalue weighted by Crippen LogP contribution is -2.21. The molecule has 0 aliphatic heterocycles. The molecule has 0 spiro atoms. The van der Waals surface area contributed by atoms with Crippen molar-refractivity contribution in [1.82, 2.24) is 9.78 Å². The maximum absolute atomic E-state index is 11.3. The third-order valence-corrected chi connectivity index (χ3v) is 6.05. The topological polar surface area (TPSA) is 90.0 Å². The van der Waals surface area contributed by atoms with Crippen LogP contribution in [0.15, 0.2) is 66.7 Å². The SMILES string of the molecule is Cc1cc(-c2cc3ccccc3c3c2C=CCC3)n(-c2ccc(NS(N)(=O)=O)cc2)n1. The van der Waals surface area contributed by atoms with Crippen molar-refractivity contribution in [2.24, 2.45) is 5.14 Å². The number of nitrogens with zero attached hydrogens (tertiary/aromatic N) is 2. The molecular weight excluding hydrogens is 408 g/mol. The molecule has 7 heteroatoms. The molecule has 0 radical (unpaired) electrons. The van der Waals surface area contributed by atoms with Crippen LogP contribution in [-0.4, -0.2) is 18.2 Å². The highest BCUT2D eigenvalue weighted by molar-refractivity contribution is 7.90. The average molecular weight is 431 g/mol. The number of nitrogens with two attached hydrogens (primary N) is 1. The van der Waals surface area contributed by atoms with Gasteiger partial charge >= 0.3 is 0 Å². The fourth-order valence-corrected chi connectivity index (χ4v) is 4.73. The molecule has 3 aromatic carbocycles. The van der Waals surface area contributed by atoms with Crippen molar-refractivity contribution < 1.29 is 8.42 Å². The number of aryl methyl sites for hydroxylation is 2. The van der Waals surface area contributed by atoms with E-state index in [1.807, 2.05) is 23.7 Å². The second-order valence-electron chi connectivity index (χ2n) is 7.76. The predicted octanol–water partition coefficient (Wildman–Crippen LogP) is 4.58. The van der Waals surface area contributed by atoms with Gasteiger partial charge in [0.1, 0.15) is 0 Å². The Morgan fingerprint density at radius 2 is 1.84 bits per heavy atom. The molecule has 1 aliphatic rings. The van der Waals surface area contributed by atoms with Crippen LogP contribution in [0.5, 0.6) is 0 Å². The van der Waals surface area contributed by atoms with Gasteiger partial charge in [-0.2, -0.15) is 13.5 Å². The molecule has 4 aromatic rings. The summed E-state index contributed by atoms with van der Waals surface area (Å²) in [6.45, 7) is 1.97. The minimum absolute atomic E-state index is 0.405. The zero-order chi connectivity index (χ0) is 21.6. The van der Waals surface area contributed by atoms with E-state index in [1.165, 1.54) is 21.9 Å². The molecule has 1 aliphatic carbocycles. The first kappa shape index (κ1) is 19.5. The van der Waals surface area contributed by atoms with E-state index in [1.54, 1.807) is 12.1 Å². The van der Waals surface area contributed by atoms with Crippen LogP contribution in [0.25, 0.3) is 33.8 Å². The Bertz CT molecular complexity index is 1430. The van der Waals surface area contributed by atoms with Gasteiger partial charge in [0.2, 0.25) is 0 Å². The van der Waals surface area contributed by atoms with Crippen LogP contribution in [0.3, 0.4) is 0 Å². The summed E-state index contributed by atoms with van der Waals surface area (Å²) in [6, 6.07) is 19.8. The molecule has 0 saturated carbocycles. The third kappa shape index (κ3) is 3.73. The number of aromatic nitrogens is 2. The van der Waals surface area contributed by atoms with Crippen molar-refractivity contribution in [3.05, 3.63) is 83.6 Å². The van der Waals surface area contributed by atoms with Gasteiger partial charge in [0.15, 0.2) is 0 Å². The minimum Gasteiger partial charge on any atom is -0.271 e. The molecule has 5 rings (SSSR count). The van der Waals surface area contributed by atoms with Gasteiger partial charge in [0.05, 0.1) is 17.1 Å². The highest BCUT2D eigenvalue weighted by Gasteiger charge is 2.19. The van der Waals surface area contributed by atoms with Gasteiger partial charge in [0.25, 0.3) is 10.2 Å². The van der Waals surface area contributed by atoms with Gasteiger partial charge in [0, 0.05) is 11.3 Å². The van der Waals surface area contributed by atoms with E-state index in [0.717, 1.165) is 35.5 Å². The minimum atomic E-state index is -3.81. The molecule has 31 heavy (non-hydrogen) atoms. The Kier molecular flexibility index (Phi) is 4.64. The summed E-state index contributed by atoms with van der Waals surface area (Å²) in [5.41, 5.74) is 6.89. The number of hydrogen-bond acceptors (Lipinski definition) is 3. The third-order valence-electron chi connectivity index (χ3n) is 5.53. The molecule has 6 nitrogen and oxygen atoms in total. The maximum Gasteiger partial charge on any atom is 0.296 e. The van der Waals surface area contributed by atoms with E-state index in [9.17, 15) is 8.42 Å². The lowest BCUT2D eigenvalue weighted by Gasteiger charge is -2.19. The quantitative estimate of drug-likeness (QED) is 0.497. The van der Waals surface area contributed by atoms with Crippen LogP contribution in [0.1, 0.15) is 23.2 Å². The van der Waals surface area contributed by atoms with E-state index in [0.29, 0.717) is 5.69 Å². The molecule has 0 amide bonds. The molecule has 1 heterocycles. The van der Waals surface area contributed by atoms with E-state index in [-0.39, 0.29) is 0 Å². The lowest BCUT2D eigenvalue weighted by molar-refractivity contribution is 0.603. The summed E-state index contributed by atoms with van der Waals surface area (Å²) in [5, 5.41) is 12.3. The fraction of sp³-hybridized carbons (Fsp3) is 0.125. The van der Waals surface area contributed by atoms with Crippen molar-refractivity contribution in [3.63, 3.8) is 0 Å². The molecule has 1 aromatic heterocycles. The van der Waals surface area contributed by atoms with E-state index in [2.05, 4.69) is 53.3 Å². The Morgan fingerprint density at radius 3 is 2.61 bits per heavy atom. The summed E-state index contributed by atoms with van der Waals surface area (Å²) < 4.78 is 26.8. The largest absolute Gasteiger partial charge is 0.296 e. The van der Waals surface area contributed by atoms with Crippen LogP contribution in [0, 0.1) is 6.92 Å². The fourth-order valence-electron chi connectivity index (χ4n) is 4.26. The summed E-state index contributed by atoms with van der Waals surface area (Å²) in [5.74, 6) is 0. The molecule has 3 N–H and O–H groups in total. The smallest absolute Gasteiger partial charge is 0.271 e.